The van der Waals surface area contributed by atoms with Crippen molar-refractivity contribution in [2.24, 2.45) is 29.0 Å². The Kier molecular flexibility index (Phi) is 29.8. The van der Waals surface area contributed by atoms with Crippen molar-refractivity contribution in [3.05, 3.63) is 71.8 Å². The van der Waals surface area contributed by atoms with Gasteiger partial charge in [-0.15, -0.1) is 0 Å². The largest absolute Gasteiger partial charge is 0.389 e. The predicted molar refractivity (Wildman–Crippen MR) is 260 cm³/mol. The number of nitrogens with one attached hydrogen (secondary N) is 2. The summed E-state index contributed by atoms with van der Waals surface area (Å²) in [6.45, 7) is 8.67. The minimum Gasteiger partial charge on any atom is -0.389 e. The molecule has 2 aromatic carbocycles. The van der Waals surface area contributed by atoms with Crippen molar-refractivity contribution in [1.29, 1.82) is 0 Å². The monoisotopic (exact) mass is 893 g/mol. The fraction of sp³-hybridized carbons (Fsp3) is 0.692. The first-order valence-electron chi connectivity index (χ1n) is 24.9. The molecular weight excluding hydrogens is 805 g/mol. The highest BCUT2D eigenvalue weighted by Gasteiger charge is 2.45. The second-order valence-corrected chi connectivity index (χ2v) is 18.7. The molecule has 12 heteroatoms. The Morgan fingerprint density at radius 3 is 1.17 bits per heavy atom. The molecule has 2 aromatic rings. The molecule has 0 saturated carbocycles. The van der Waals surface area contributed by atoms with Gasteiger partial charge in [0, 0.05) is 18.9 Å². The molecule has 0 spiro atoms. The van der Waals surface area contributed by atoms with Gasteiger partial charge in [0.2, 0.25) is 11.8 Å². The lowest BCUT2D eigenvalue weighted by Crippen LogP contribution is -2.65. The number of imide groups is 1. The lowest BCUT2D eigenvalue weighted by Gasteiger charge is -2.41. The van der Waals surface area contributed by atoms with Crippen molar-refractivity contribution >= 4 is 23.6 Å². The van der Waals surface area contributed by atoms with Gasteiger partial charge >= 0.3 is 0 Å². The standard InChI is InChI=1S/C52H88N6O6/c1-39(2)47(56-45(59)33-25-15-11-7-5-9-13-17-27-35-53)51(63)58(52(64)48(40(3)4)57-46(60)34-26-16-12-8-6-10-14-18-28-36-54)44(38-42-31-23-20-24-32-42)50(62)49(61)43(55)37-41-29-21-19-22-30-41/h19-24,29-32,39-40,43-44,47-50,61-62H,5-18,25-28,33-38,53-55H2,1-4H3,(H,56,59)(H,57,60)/t43-,44-,47-,48-,49+,50+/m0/s1. The van der Waals surface area contributed by atoms with Gasteiger partial charge in [-0.25, -0.2) is 0 Å². The molecule has 0 aliphatic carbocycles. The van der Waals surface area contributed by atoms with Gasteiger partial charge in [-0.1, -0.05) is 178 Å². The lowest BCUT2D eigenvalue weighted by atomic mass is 9.88. The van der Waals surface area contributed by atoms with Crippen LogP contribution in [0.3, 0.4) is 0 Å². The summed E-state index contributed by atoms with van der Waals surface area (Å²) in [5, 5.41) is 29.9. The van der Waals surface area contributed by atoms with Crippen LogP contribution in [0, 0.1) is 11.8 Å². The van der Waals surface area contributed by atoms with Crippen molar-refractivity contribution in [2.45, 2.75) is 205 Å². The first-order chi connectivity index (χ1) is 30.8. The number of unbranched alkanes of at least 4 members (excludes halogenated alkanes) is 16. The zero-order chi connectivity index (χ0) is 47.1. The number of nitrogens with zero attached hydrogens (tertiary/aromatic N) is 1. The summed E-state index contributed by atoms with van der Waals surface area (Å²) in [7, 11) is 0. The Hall–Kier alpha value is -3.68. The molecule has 0 bridgehead atoms. The minimum atomic E-state index is -1.68. The normalized spacial score (nSPS) is 14.4. The second-order valence-electron chi connectivity index (χ2n) is 18.7. The van der Waals surface area contributed by atoms with E-state index in [9.17, 15) is 19.8 Å². The number of amides is 4. The molecular formula is C52H88N6O6. The first-order valence-corrected chi connectivity index (χ1v) is 24.9. The van der Waals surface area contributed by atoms with E-state index in [-0.39, 0.29) is 37.5 Å². The molecule has 64 heavy (non-hydrogen) atoms. The van der Waals surface area contributed by atoms with Crippen LogP contribution in [-0.4, -0.2) is 88.2 Å². The average Bonchev–Trinajstić information content (AvgIpc) is 3.28. The molecule has 2 rings (SSSR count). The van der Waals surface area contributed by atoms with E-state index in [1.54, 1.807) is 27.7 Å². The van der Waals surface area contributed by atoms with Crippen molar-refractivity contribution in [3.8, 4) is 0 Å². The van der Waals surface area contributed by atoms with Gasteiger partial charge < -0.3 is 38.0 Å². The number of aliphatic hydroxyl groups excluding tert-OH is 2. The summed E-state index contributed by atoms with van der Waals surface area (Å²) in [6.07, 6.45) is 16.3. The predicted octanol–water partition coefficient (Wildman–Crippen LogP) is 7.25. The molecule has 0 aliphatic heterocycles. The Morgan fingerprint density at radius 1 is 0.500 bits per heavy atom. The SMILES string of the molecule is CC(C)[C@H](NC(=O)CCCCCCCCCCCN)C(=O)N(C(=O)[C@@H](NC(=O)CCCCCCCCCCCN)C(C)C)[C@@H](Cc1ccccc1)[C@@H](O)[C@H](O)[C@@H](N)Cc1ccccc1. The van der Waals surface area contributed by atoms with Crippen LogP contribution in [0.5, 0.6) is 0 Å². The van der Waals surface area contributed by atoms with E-state index in [1.165, 1.54) is 25.7 Å². The fourth-order valence-electron chi connectivity index (χ4n) is 8.30. The van der Waals surface area contributed by atoms with E-state index in [4.69, 9.17) is 17.2 Å². The van der Waals surface area contributed by atoms with Gasteiger partial charge in [-0.3, -0.25) is 24.1 Å². The molecule has 12 nitrogen and oxygen atoms in total. The number of rotatable bonds is 36. The third-order valence-electron chi connectivity index (χ3n) is 12.3. The number of hydrogen-bond acceptors (Lipinski definition) is 9. The molecule has 0 radical (unpaired) electrons. The highest BCUT2D eigenvalue weighted by molar-refractivity contribution is 6.03. The highest BCUT2D eigenvalue weighted by Crippen LogP contribution is 2.24. The third kappa shape index (κ3) is 22.5. The van der Waals surface area contributed by atoms with Crippen LogP contribution < -0.4 is 27.8 Å². The molecule has 0 unspecified atom stereocenters. The van der Waals surface area contributed by atoms with Gasteiger partial charge in [-0.2, -0.15) is 0 Å². The second kappa shape index (κ2) is 33.7. The van der Waals surface area contributed by atoms with E-state index in [1.807, 2.05) is 60.7 Å². The van der Waals surface area contributed by atoms with Gasteiger partial charge in [-0.05, 0) is 74.6 Å². The first kappa shape index (κ1) is 56.4. The van der Waals surface area contributed by atoms with Crippen LogP contribution in [0.25, 0.3) is 0 Å². The molecule has 6 atom stereocenters. The fourth-order valence-corrected chi connectivity index (χ4v) is 8.30. The van der Waals surface area contributed by atoms with Gasteiger partial charge in [0.05, 0.1) is 12.1 Å². The topological polar surface area (TPSA) is 214 Å². The summed E-state index contributed by atoms with van der Waals surface area (Å²) < 4.78 is 0. The minimum absolute atomic E-state index is 0.00777. The molecule has 0 fully saturated rings. The number of nitrogens with two attached hydrogens (primary N) is 3. The zero-order valence-electron chi connectivity index (χ0n) is 40.1. The van der Waals surface area contributed by atoms with Crippen LogP contribution in [0.15, 0.2) is 60.7 Å². The number of carbonyl (C=O) groups is 4. The molecule has 0 heterocycles. The maximum atomic E-state index is 15.1. The van der Waals surface area contributed by atoms with E-state index in [2.05, 4.69) is 10.6 Å². The Morgan fingerprint density at radius 2 is 0.828 bits per heavy atom. The van der Waals surface area contributed by atoms with E-state index >= 15 is 9.59 Å². The van der Waals surface area contributed by atoms with E-state index in [0.717, 1.165) is 101 Å². The van der Waals surface area contributed by atoms with Gasteiger partial charge in [0.1, 0.15) is 18.2 Å². The Bertz CT molecular complexity index is 1480. The maximum absolute atomic E-state index is 15.1. The summed E-state index contributed by atoms with van der Waals surface area (Å²) in [6, 6.07) is 14.0. The molecule has 4 amide bonds. The van der Waals surface area contributed by atoms with Crippen LogP contribution in [0.1, 0.15) is 167 Å². The highest BCUT2D eigenvalue weighted by atomic mass is 16.3. The molecule has 0 saturated heterocycles. The van der Waals surface area contributed by atoms with Gasteiger partial charge in [0.15, 0.2) is 0 Å². The average molecular weight is 893 g/mol. The number of carbonyl (C=O) groups excluding carboxylic acids is 4. The molecule has 362 valence electrons. The van der Waals surface area contributed by atoms with Crippen molar-refractivity contribution in [1.82, 2.24) is 15.5 Å². The maximum Gasteiger partial charge on any atom is 0.252 e. The van der Waals surface area contributed by atoms with Gasteiger partial charge in [0.25, 0.3) is 11.8 Å². The van der Waals surface area contributed by atoms with Crippen molar-refractivity contribution in [2.75, 3.05) is 13.1 Å². The summed E-state index contributed by atoms with van der Waals surface area (Å²) in [4.78, 5) is 58.4. The van der Waals surface area contributed by atoms with Crippen molar-refractivity contribution in [3.63, 3.8) is 0 Å². The van der Waals surface area contributed by atoms with E-state index in [0.29, 0.717) is 18.4 Å². The Labute approximate surface area is 386 Å². The number of benzene rings is 2. The number of aliphatic hydroxyl groups is 2. The Balaban J connectivity index is 2.38. The van der Waals surface area contributed by atoms with Crippen LogP contribution in [-0.2, 0) is 32.0 Å². The molecule has 10 N–H and O–H groups in total. The van der Waals surface area contributed by atoms with Crippen molar-refractivity contribution < 1.29 is 29.4 Å². The van der Waals surface area contributed by atoms with Crippen LogP contribution >= 0.6 is 0 Å². The summed E-state index contributed by atoms with van der Waals surface area (Å²) >= 11 is 0. The summed E-state index contributed by atoms with van der Waals surface area (Å²) in [5.41, 5.74) is 19.3. The molecule has 0 aromatic heterocycles. The summed E-state index contributed by atoms with van der Waals surface area (Å²) in [5.74, 6) is -2.91. The smallest absolute Gasteiger partial charge is 0.252 e. The molecule has 0 aliphatic rings. The van der Waals surface area contributed by atoms with Crippen LogP contribution in [0.2, 0.25) is 0 Å². The number of hydrogen-bond donors (Lipinski definition) is 7. The van der Waals surface area contributed by atoms with E-state index < -0.39 is 60.0 Å². The van der Waals surface area contributed by atoms with Crippen LogP contribution in [0.4, 0.5) is 0 Å². The zero-order valence-corrected chi connectivity index (χ0v) is 40.1. The third-order valence-corrected chi connectivity index (χ3v) is 12.3. The quantitative estimate of drug-likeness (QED) is 0.0343. The lowest BCUT2D eigenvalue weighted by molar-refractivity contribution is -0.159.